The first kappa shape index (κ1) is 14.2. The summed E-state index contributed by atoms with van der Waals surface area (Å²) < 4.78 is 10.9. The molecule has 1 heterocycles. The first-order valence-electron chi connectivity index (χ1n) is 6.61. The first-order chi connectivity index (χ1) is 9.45. The van der Waals surface area contributed by atoms with E-state index in [1.807, 2.05) is 39.8 Å². The Kier molecular flexibility index (Phi) is 4.13. The Labute approximate surface area is 118 Å². The Morgan fingerprint density at radius 3 is 2.35 bits per heavy atom. The lowest BCUT2D eigenvalue weighted by molar-refractivity contribution is 0.0995. The van der Waals surface area contributed by atoms with E-state index in [0.717, 1.165) is 17.1 Å². The molecule has 2 rings (SSSR count). The van der Waals surface area contributed by atoms with Crippen LogP contribution >= 0.6 is 0 Å². The van der Waals surface area contributed by atoms with Crippen LogP contribution in [0.1, 0.15) is 35.7 Å². The van der Waals surface area contributed by atoms with E-state index in [2.05, 4.69) is 5.32 Å². The molecule has 0 unspecified atom stereocenters. The molecule has 0 aliphatic rings. The van der Waals surface area contributed by atoms with Gasteiger partial charge in [-0.3, -0.25) is 4.79 Å². The van der Waals surface area contributed by atoms with Gasteiger partial charge < -0.3 is 14.5 Å². The average molecular weight is 273 g/mol. The molecule has 0 saturated carbocycles. The van der Waals surface area contributed by atoms with Gasteiger partial charge in [-0.25, -0.2) is 0 Å². The lowest BCUT2D eigenvalue weighted by Crippen LogP contribution is -2.11. The fourth-order valence-corrected chi connectivity index (χ4v) is 1.77. The van der Waals surface area contributed by atoms with Crippen molar-refractivity contribution in [3.63, 3.8) is 0 Å². The zero-order chi connectivity index (χ0) is 14.7. The minimum atomic E-state index is -0.251. The molecular weight excluding hydrogens is 254 g/mol. The molecular formula is C16H19NO3. The molecule has 4 heteroatoms. The molecule has 1 aromatic heterocycles. The minimum Gasteiger partial charge on any atom is -0.491 e. The molecule has 1 N–H and O–H groups in total. The monoisotopic (exact) mass is 273 g/mol. The van der Waals surface area contributed by atoms with Crippen LogP contribution in [0.15, 0.2) is 34.7 Å². The molecule has 20 heavy (non-hydrogen) atoms. The van der Waals surface area contributed by atoms with Gasteiger partial charge in [0.25, 0.3) is 5.91 Å². The zero-order valence-corrected chi connectivity index (χ0v) is 12.2. The summed E-state index contributed by atoms with van der Waals surface area (Å²) in [6, 6.07) is 9.00. The van der Waals surface area contributed by atoms with Gasteiger partial charge in [-0.15, -0.1) is 0 Å². The topological polar surface area (TPSA) is 51.5 Å². The Balaban J connectivity index is 2.04. The van der Waals surface area contributed by atoms with Gasteiger partial charge in [-0.1, -0.05) is 0 Å². The van der Waals surface area contributed by atoms with E-state index in [1.165, 1.54) is 0 Å². The third kappa shape index (κ3) is 3.41. The normalized spacial score (nSPS) is 10.7. The van der Waals surface area contributed by atoms with Gasteiger partial charge in [-0.2, -0.15) is 0 Å². The largest absolute Gasteiger partial charge is 0.491 e. The fourth-order valence-electron chi connectivity index (χ4n) is 1.77. The van der Waals surface area contributed by atoms with E-state index in [9.17, 15) is 4.79 Å². The molecule has 0 saturated heterocycles. The van der Waals surface area contributed by atoms with E-state index in [-0.39, 0.29) is 12.0 Å². The summed E-state index contributed by atoms with van der Waals surface area (Å²) in [6.07, 6.45) is 0.129. The van der Waals surface area contributed by atoms with Gasteiger partial charge >= 0.3 is 0 Å². The molecule has 0 aliphatic heterocycles. The minimum absolute atomic E-state index is 0.129. The Morgan fingerprint density at radius 1 is 1.20 bits per heavy atom. The molecule has 1 aromatic carbocycles. The predicted octanol–water partition coefficient (Wildman–Crippen LogP) is 3.94. The van der Waals surface area contributed by atoms with Crippen LogP contribution in [0.4, 0.5) is 5.69 Å². The summed E-state index contributed by atoms with van der Waals surface area (Å²) >= 11 is 0. The van der Waals surface area contributed by atoms with Crippen molar-refractivity contribution in [1.29, 1.82) is 0 Å². The van der Waals surface area contributed by atoms with E-state index < -0.39 is 0 Å². The molecule has 4 nitrogen and oxygen atoms in total. The van der Waals surface area contributed by atoms with Crippen molar-refractivity contribution in [2.45, 2.75) is 33.8 Å². The maximum Gasteiger partial charge on any atom is 0.291 e. The third-order valence-electron chi connectivity index (χ3n) is 2.87. The number of anilines is 1. The van der Waals surface area contributed by atoms with Gasteiger partial charge in [0.05, 0.1) is 6.10 Å². The average Bonchev–Trinajstić information content (AvgIpc) is 2.71. The molecule has 0 spiro atoms. The second-order valence-corrected chi connectivity index (χ2v) is 4.99. The smallest absolute Gasteiger partial charge is 0.291 e. The maximum absolute atomic E-state index is 12.0. The maximum atomic E-state index is 12.0. The number of aryl methyl sites for hydroxylation is 2. The number of benzene rings is 1. The Morgan fingerprint density at radius 2 is 1.85 bits per heavy atom. The third-order valence-corrected chi connectivity index (χ3v) is 2.87. The number of hydrogen-bond acceptors (Lipinski definition) is 3. The number of hydrogen-bond donors (Lipinski definition) is 1. The zero-order valence-electron chi connectivity index (χ0n) is 12.2. The number of nitrogens with one attached hydrogen (secondary N) is 1. The van der Waals surface area contributed by atoms with Crippen molar-refractivity contribution >= 4 is 11.6 Å². The Bertz CT molecular complexity index is 577. The first-order valence-corrected chi connectivity index (χ1v) is 6.61. The summed E-state index contributed by atoms with van der Waals surface area (Å²) in [4.78, 5) is 12.0. The number of rotatable bonds is 4. The number of carbonyl (C=O) groups is 1. The van der Waals surface area contributed by atoms with E-state index in [1.54, 1.807) is 18.2 Å². The van der Waals surface area contributed by atoms with Crippen LogP contribution in [-0.4, -0.2) is 12.0 Å². The number of carbonyl (C=O) groups excluding carboxylic acids is 1. The van der Waals surface area contributed by atoms with Crippen LogP contribution in [0.3, 0.4) is 0 Å². The van der Waals surface area contributed by atoms with Crippen molar-refractivity contribution in [3.8, 4) is 5.75 Å². The molecule has 0 bridgehead atoms. The molecule has 0 aliphatic carbocycles. The van der Waals surface area contributed by atoms with Gasteiger partial charge in [0.15, 0.2) is 5.76 Å². The summed E-state index contributed by atoms with van der Waals surface area (Å²) in [7, 11) is 0. The van der Waals surface area contributed by atoms with Crippen molar-refractivity contribution in [2.75, 3.05) is 5.32 Å². The van der Waals surface area contributed by atoms with Gasteiger partial charge in [0.2, 0.25) is 0 Å². The highest BCUT2D eigenvalue weighted by molar-refractivity contribution is 6.02. The molecule has 0 radical (unpaired) electrons. The number of ether oxygens (including phenoxy) is 1. The summed E-state index contributed by atoms with van der Waals surface area (Å²) in [6.45, 7) is 7.69. The van der Waals surface area contributed by atoms with E-state index in [4.69, 9.17) is 9.15 Å². The highest BCUT2D eigenvalue weighted by atomic mass is 16.5. The summed E-state index contributed by atoms with van der Waals surface area (Å²) in [5, 5.41) is 2.79. The highest BCUT2D eigenvalue weighted by Gasteiger charge is 2.12. The molecule has 0 fully saturated rings. The van der Waals surface area contributed by atoms with Crippen LogP contribution in [0.25, 0.3) is 0 Å². The van der Waals surface area contributed by atoms with Crippen LogP contribution in [0, 0.1) is 13.8 Å². The highest BCUT2D eigenvalue weighted by Crippen LogP contribution is 2.19. The second kappa shape index (κ2) is 5.82. The van der Waals surface area contributed by atoms with Crippen molar-refractivity contribution < 1.29 is 13.9 Å². The van der Waals surface area contributed by atoms with Crippen molar-refractivity contribution in [2.24, 2.45) is 0 Å². The summed E-state index contributed by atoms with van der Waals surface area (Å²) in [5.74, 6) is 1.61. The quantitative estimate of drug-likeness (QED) is 0.918. The van der Waals surface area contributed by atoms with Gasteiger partial charge in [0, 0.05) is 5.69 Å². The lowest BCUT2D eigenvalue weighted by atomic mass is 10.2. The molecule has 0 atom stereocenters. The van der Waals surface area contributed by atoms with Crippen LogP contribution < -0.4 is 10.1 Å². The van der Waals surface area contributed by atoms with Crippen molar-refractivity contribution in [1.82, 2.24) is 0 Å². The molecule has 106 valence electrons. The lowest BCUT2D eigenvalue weighted by Gasteiger charge is -2.10. The molecule has 1 amide bonds. The van der Waals surface area contributed by atoms with E-state index in [0.29, 0.717) is 11.4 Å². The summed E-state index contributed by atoms with van der Waals surface area (Å²) in [5.41, 5.74) is 1.67. The molecule has 2 aromatic rings. The Hall–Kier alpha value is -2.23. The fraction of sp³-hybridized carbons (Fsp3) is 0.312. The standard InChI is InChI=1S/C16H19NO3/c1-10(2)19-14-7-5-13(6-8-14)17-16(18)15-9-11(3)12(4)20-15/h5-10H,1-4H3,(H,17,18). The predicted molar refractivity (Wildman–Crippen MR) is 78.3 cm³/mol. The van der Waals surface area contributed by atoms with E-state index >= 15 is 0 Å². The van der Waals surface area contributed by atoms with Crippen LogP contribution in [0.5, 0.6) is 5.75 Å². The van der Waals surface area contributed by atoms with Crippen LogP contribution in [0.2, 0.25) is 0 Å². The number of amides is 1. The second-order valence-electron chi connectivity index (χ2n) is 4.99. The SMILES string of the molecule is Cc1cc(C(=O)Nc2ccc(OC(C)C)cc2)oc1C. The van der Waals surface area contributed by atoms with Crippen LogP contribution in [-0.2, 0) is 0 Å². The number of furan rings is 1. The van der Waals surface area contributed by atoms with Gasteiger partial charge in [-0.05, 0) is 63.6 Å². The van der Waals surface area contributed by atoms with Crippen molar-refractivity contribution in [3.05, 3.63) is 47.4 Å². The van der Waals surface area contributed by atoms with Gasteiger partial charge in [0.1, 0.15) is 11.5 Å².